The molecule has 112 valence electrons. The number of hydrogen-bond acceptors (Lipinski definition) is 4. The molecule has 2 rings (SSSR count). The van der Waals surface area contributed by atoms with Gasteiger partial charge in [0, 0.05) is 12.7 Å². The van der Waals surface area contributed by atoms with Crippen LogP contribution in [0.1, 0.15) is 29.3 Å². The summed E-state index contributed by atoms with van der Waals surface area (Å²) in [7, 11) is 1.55. The van der Waals surface area contributed by atoms with Gasteiger partial charge in [0.05, 0.1) is 6.61 Å². The van der Waals surface area contributed by atoms with Crippen molar-refractivity contribution in [2.24, 2.45) is 0 Å². The highest BCUT2D eigenvalue weighted by molar-refractivity contribution is 6.07. The summed E-state index contributed by atoms with van der Waals surface area (Å²) in [5.41, 5.74) is 1.19. The lowest BCUT2D eigenvalue weighted by atomic mass is 10.0. The van der Waals surface area contributed by atoms with Crippen LogP contribution in [-0.2, 0) is 20.9 Å². The van der Waals surface area contributed by atoms with E-state index >= 15 is 0 Å². The van der Waals surface area contributed by atoms with Gasteiger partial charge in [-0.25, -0.2) is 0 Å². The maximum absolute atomic E-state index is 12.7. The highest BCUT2D eigenvalue weighted by Gasteiger charge is 2.36. The summed E-state index contributed by atoms with van der Waals surface area (Å²) < 4.78 is 5.08. The smallest absolute Gasteiger partial charge is 0.255 e. The van der Waals surface area contributed by atoms with Crippen molar-refractivity contribution < 1.29 is 19.1 Å². The van der Waals surface area contributed by atoms with Gasteiger partial charge in [0.25, 0.3) is 5.91 Å². The zero-order chi connectivity index (χ0) is 15.4. The van der Waals surface area contributed by atoms with Crippen molar-refractivity contribution in [1.29, 1.82) is 0 Å². The maximum Gasteiger partial charge on any atom is 0.255 e. The molecule has 1 saturated heterocycles. The second-order valence-electron chi connectivity index (χ2n) is 4.86. The van der Waals surface area contributed by atoms with Crippen LogP contribution in [-0.4, -0.2) is 42.3 Å². The van der Waals surface area contributed by atoms with E-state index in [1.54, 1.807) is 32.2 Å². The van der Waals surface area contributed by atoms with E-state index in [1.165, 1.54) is 4.90 Å². The van der Waals surface area contributed by atoms with Gasteiger partial charge in [-0.15, -0.1) is 0 Å². The molecule has 1 aliphatic heterocycles. The molecule has 1 fully saturated rings. The van der Waals surface area contributed by atoms with Crippen LogP contribution in [0.2, 0.25) is 0 Å². The number of imide groups is 1. The molecule has 0 aliphatic carbocycles. The van der Waals surface area contributed by atoms with Crippen molar-refractivity contribution in [1.82, 2.24) is 10.2 Å². The largest absolute Gasteiger partial charge is 0.380 e. The van der Waals surface area contributed by atoms with Crippen LogP contribution < -0.4 is 5.32 Å². The van der Waals surface area contributed by atoms with E-state index in [-0.39, 0.29) is 12.5 Å². The van der Waals surface area contributed by atoms with Crippen molar-refractivity contribution in [2.45, 2.75) is 26.0 Å². The fraction of sp³-hybridized carbons (Fsp3) is 0.400. The minimum Gasteiger partial charge on any atom is -0.380 e. The molecular weight excluding hydrogens is 272 g/mol. The van der Waals surface area contributed by atoms with E-state index in [2.05, 4.69) is 5.32 Å². The van der Waals surface area contributed by atoms with Crippen LogP contribution in [0.4, 0.5) is 0 Å². The number of methoxy groups -OCH3 is 1. The molecule has 3 amide bonds. The Morgan fingerprint density at radius 1 is 1.38 bits per heavy atom. The van der Waals surface area contributed by atoms with Gasteiger partial charge in [-0.1, -0.05) is 25.1 Å². The zero-order valence-corrected chi connectivity index (χ0v) is 12.1. The molecule has 0 radical (unpaired) electrons. The summed E-state index contributed by atoms with van der Waals surface area (Å²) in [6.07, 6.45) is 0.456. The second kappa shape index (κ2) is 6.49. The van der Waals surface area contributed by atoms with Gasteiger partial charge < -0.3 is 9.64 Å². The zero-order valence-electron chi connectivity index (χ0n) is 12.1. The SMILES string of the molecule is CCC1C(=O)NC(=O)CN1C(=O)c1ccccc1COC. The molecule has 6 nitrogen and oxygen atoms in total. The van der Waals surface area contributed by atoms with Crippen molar-refractivity contribution in [2.75, 3.05) is 13.7 Å². The summed E-state index contributed by atoms with van der Waals surface area (Å²) in [5, 5.41) is 2.26. The Morgan fingerprint density at radius 2 is 2.10 bits per heavy atom. The lowest BCUT2D eigenvalue weighted by molar-refractivity contribution is -0.138. The molecule has 1 heterocycles. The highest BCUT2D eigenvalue weighted by Crippen LogP contribution is 2.17. The molecule has 1 N–H and O–H groups in total. The number of benzene rings is 1. The number of nitrogens with zero attached hydrogens (tertiary/aromatic N) is 1. The Morgan fingerprint density at radius 3 is 2.76 bits per heavy atom. The Bertz CT molecular complexity index is 571. The van der Waals surface area contributed by atoms with Gasteiger partial charge in [-0.05, 0) is 18.1 Å². The van der Waals surface area contributed by atoms with Crippen molar-refractivity contribution in [3.05, 3.63) is 35.4 Å². The number of nitrogens with one attached hydrogen (secondary N) is 1. The highest BCUT2D eigenvalue weighted by atomic mass is 16.5. The molecule has 1 aliphatic rings. The summed E-state index contributed by atoms with van der Waals surface area (Å²) >= 11 is 0. The van der Waals surface area contributed by atoms with Gasteiger partial charge >= 0.3 is 0 Å². The Hall–Kier alpha value is -2.21. The molecule has 6 heteroatoms. The Labute approximate surface area is 123 Å². The molecule has 0 bridgehead atoms. The first kappa shape index (κ1) is 15.2. The second-order valence-corrected chi connectivity index (χ2v) is 4.86. The number of hydrogen-bond donors (Lipinski definition) is 1. The topological polar surface area (TPSA) is 75.7 Å². The van der Waals surface area contributed by atoms with Crippen LogP contribution in [0.5, 0.6) is 0 Å². The van der Waals surface area contributed by atoms with Gasteiger partial charge in [0.15, 0.2) is 0 Å². The molecule has 1 aromatic rings. The quantitative estimate of drug-likeness (QED) is 0.829. The Kier molecular flexibility index (Phi) is 4.70. The third-order valence-corrected chi connectivity index (χ3v) is 3.45. The summed E-state index contributed by atoms with van der Waals surface area (Å²) in [5.74, 6) is -1.20. The number of carbonyl (C=O) groups excluding carboxylic acids is 3. The van der Waals surface area contributed by atoms with E-state index in [9.17, 15) is 14.4 Å². The Balaban J connectivity index is 2.33. The van der Waals surface area contributed by atoms with Crippen molar-refractivity contribution in [3.8, 4) is 0 Å². The number of amides is 3. The normalized spacial score (nSPS) is 18.6. The average Bonchev–Trinajstić information content (AvgIpc) is 2.47. The fourth-order valence-corrected chi connectivity index (χ4v) is 2.45. The van der Waals surface area contributed by atoms with Gasteiger partial charge in [0.1, 0.15) is 12.6 Å². The number of ether oxygens (including phenoxy) is 1. The fourth-order valence-electron chi connectivity index (χ4n) is 2.45. The summed E-state index contributed by atoms with van der Waals surface area (Å²) in [6, 6.07) is 6.42. The van der Waals surface area contributed by atoms with Crippen LogP contribution in [0.15, 0.2) is 24.3 Å². The lowest BCUT2D eigenvalue weighted by Crippen LogP contribution is -2.59. The molecular formula is C15H18N2O4. The van der Waals surface area contributed by atoms with E-state index in [1.807, 2.05) is 6.07 Å². The van der Waals surface area contributed by atoms with Crippen LogP contribution >= 0.6 is 0 Å². The average molecular weight is 290 g/mol. The number of rotatable bonds is 4. The van der Waals surface area contributed by atoms with Gasteiger partial charge in [0.2, 0.25) is 11.8 Å². The molecule has 21 heavy (non-hydrogen) atoms. The molecule has 1 atom stereocenters. The van der Waals surface area contributed by atoms with E-state index in [0.717, 1.165) is 5.56 Å². The number of piperazine rings is 1. The molecule has 0 spiro atoms. The summed E-state index contributed by atoms with van der Waals surface area (Å²) in [6.45, 7) is 2.00. The third-order valence-electron chi connectivity index (χ3n) is 3.45. The van der Waals surface area contributed by atoms with E-state index < -0.39 is 17.9 Å². The monoisotopic (exact) mass is 290 g/mol. The van der Waals surface area contributed by atoms with Crippen LogP contribution in [0.25, 0.3) is 0 Å². The van der Waals surface area contributed by atoms with E-state index in [0.29, 0.717) is 18.6 Å². The molecule has 0 aromatic heterocycles. The van der Waals surface area contributed by atoms with Gasteiger partial charge in [-0.3, -0.25) is 19.7 Å². The minimum absolute atomic E-state index is 0.107. The molecule has 1 aromatic carbocycles. The molecule has 1 unspecified atom stereocenters. The predicted molar refractivity (Wildman–Crippen MR) is 75.4 cm³/mol. The van der Waals surface area contributed by atoms with Crippen molar-refractivity contribution in [3.63, 3.8) is 0 Å². The maximum atomic E-state index is 12.7. The first-order valence-electron chi connectivity index (χ1n) is 6.80. The lowest BCUT2D eigenvalue weighted by Gasteiger charge is -2.33. The standard InChI is InChI=1S/C15H18N2O4/c1-3-12-14(19)16-13(18)8-17(12)15(20)11-7-5-4-6-10(11)9-21-2/h4-7,12H,3,8-9H2,1-2H3,(H,16,18,19). The predicted octanol–water partition coefficient (Wildman–Crippen LogP) is 0.710. The first-order chi connectivity index (χ1) is 10.1. The first-order valence-corrected chi connectivity index (χ1v) is 6.80. The summed E-state index contributed by atoms with van der Waals surface area (Å²) in [4.78, 5) is 37.4. The minimum atomic E-state index is -0.620. The molecule has 0 saturated carbocycles. The van der Waals surface area contributed by atoms with E-state index in [4.69, 9.17) is 4.74 Å². The van der Waals surface area contributed by atoms with Crippen LogP contribution in [0.3, 0.4) is 0 Å². The van der Waals surface area contributed by atoms with Crippen LogP contribution in [0, 0.1) is 0 Å². The van der Waals surface area contributed by atoms with Gasteiger partial charge in [-0.2, -0.15) is 0 Å². The number of carbonyl (C=O) groups is 3. The third kappa shape index (κ3) is 3.11. The van der Waals surface area contributed by atoms with Crippen molar-refractivity contribution >= 4 is 17.7 Å².